The largest absolute Gasteiger partial charge is 0.343 e. The van der Waals surface area contributed by atoms with E-state index in [9.17, 15) is 9.59 Å². The topological polar surface area (TPSA) is 64.7 Å². The first kappa shape index (κ1) is 15.6. The van der Waals surface area contributed by atoms with Crippen LogP contribution in [0.1, 0.15) is 37.2 Å². The van der Waals surface area contributed by atoms with E-state index >= 15 is 0 Å². The molecule has 6 heteroatoms. The summed E-state index contributed by atoms with van der Waals surface area (Å²) in [5, 5.41) is 0. The molecule has 24 heavy (non-hydrogen) atoms. The zero-order chi connectivity index (χ0) is 16.5. The molecule has 0 aromatic heterocycles. The van der Waals surface area contributed by atoms with Crippen LogP contribution in [0.25, 0.3) is 0 Å². The molecule has 2 N–H and O–H groups in total. The molecule has 1 aromatic carbocycles. The van der Waals surface area contributed by atoms with E-state index < -0.39 is 0 Å². The predicted molar refractivity (Wildman–Crippen MR) is 91.5 cm³/mol. The number of nitrogens with one attached hydrogen (secondary N) is 2. The van der Waals surface area contributed by atoms with Gasteiger partial charge >= 0.3 is 0 Å². The highest BCUT2D eigenvalue weighted by molar-refractivity contribution is 5.99. The van der Waals surface area contributed by atoms with E-state index in [1.165, 1.54) is 5.56 Å². The Morgan fingerprint density at radius 1 is 1.29 bits per heavy atom. The van der Waals surface area contributed by atoms with Crippen molar-refractivity contribution in [1.29, 1.82) is 0 Å². The second-order valence-corrected chi connectivity index (χ2v) is 6.89. The van der Waals surface area contributed by atoms with Crippen LogP contribution < -0.4 is 15.8 Å². The molecule has 0 spiro atoms. The molecule has 2 unspecified atom stereocenters. The van der Waals surface area contributed by atoms with Gasteiger partial charge in [0.25, 0.3) is 0 Å². The minimum Gasteiger partial charge on any atom is -0.343 e. The maximum Gasteiger partial charge on any atom is 0.245 e. The molecule has 4 rings (SSSR count). The van der Waals surface area contributed by atoms with Crippen LogP contribution in [0, 0.1) is 0 Å². The highest BCUT2D eigenvalue weighted by atomic mass is 16.2. The Labute approximate surface area is 142 Å². The SMILES string of the molecule is O=C1CCCN1CCC1CN(C(=O)C2CCNN2)c2ccccc21. The van der Waals surface area contributed by atoms with E-state index in [1.807, 2.05) is 28.0 Å². The van der Waals surface area contributed by atoms with Gasteiger partial charge in [-0.15, -0.1) is 0 Å². The number of amides is 2. The Morgan fingerprint density at radius 2 is 2.17 bits per heavy atom. The number of para-hydroxylation sites is 1. The van der Waals surface area contributed by atoms with Gasteiger partial charge in [-0.05, 0) is 30.9 Å². The number of carbonyl (C=O) groups is 2. The van der Waals surface area contributed by atoms with Crippen LogP contribution in [0.3, 0.4) is 0 Å². The first-order valence-corrected chi connectivity index (χ1v) is 8.90. The van der Waals surface area contributed by atoms with Crippen LogP contribution >= 0.6 is 0 Å². The van der Waals surface area contributed by atoms with Gasteiger partial charge in [-0.3, -0.25) is 15.0 Å². The molecule has 0 aliphatic carbocycles. The summed E-state index contributed by atoms with van der Waals surface area (Å²) in [6.07, 6.45) is 3.41. The number of hydrogen-bond acceptors (Lipinski definition) is 4. The zero-order valence-corrected chi connectivity index (χ0v) is 13.8. The monoisotopic (exact) mass is 328 g/mol. The lowest BCUT2D eigenvalue weighted by Crippen LogP contribution is -2.45. The fourth-order valence-electron chi connectivity index (χ4n) is 4.06. The lowest BCUT2D eigenvalue weighted by Gasteiger charge is -2.22. The zero-order valence-electron chi connectivity index (χ0n) is 13.8. The number of anilines is 1. The summed E-state index contributed by atoms with van der Waals surface area (Å²) in [5.74, 6) is 0.732. The van der Waals surface area contributed by atoms with Crippen molar-refractivity contribution >= 4 is 17.5 Å². The summed E-state index contributed by atoms with van der Waals surface area (Å²) >= 11 is 0. The summed E-state index contributed by atoms with van der Waals surface area (Å²) in [7, 11) is 0. The number of likely N-dealkylation sites (tertiary alicyclic amines) is 1. The second kappa shape index (κ2) is 6.53. The van der Waals surface area contributed by atoms with Crippen LogP contribution in [-0.4, -0.2) is 48.9 Å². The molecule has 2 fully saturated rings. The van der Waals surface area contributed by atoms with E-state index in [-0.39, 0.29) is 17.9 Å². The Hall–Kier alpha value is -1.92. The van der Waals surface area contributed by atoms with Crippen molar-refractivity contribution in [2.24, 2.45) is 0 Å². The standard InChI is InChI=1S/C18H24N4O2/c23-17-6-3-10-21(17)11-8-13-12-22(16-5-2-1-4-14(13)16)18(24)15-7-9-19-20-15/h1-2,4-5,13,15,19-20H,3,6-12H2. The molecule has 128 valence electrons. The van der Waals surface area contributed by atoms with Crippen LogP contribution in [-0.2, 0) is 9.59 Å². The fraction of sp³-hybridized carbons (Fsp3) is 0.556. The van der Waals surface area contributed by atoms with Gasteiger partial charge in [-0.25, -0.2) is 5.43 Å². The van der Waals surface area contributed by atoms with Gasteiger partial charge in [0.05, 0.1) is 0 Å². The highest BCUT2D eigenvalue weighted by Crippen LogP contribution is 2.38. The quantitative estimate of drug-likeness (QED) is 0.865. The number of carbonyl (C=O) groups excluding carboxylic acids is 2. The number of nitrogens with zero attached hydrogens (tertiary/aromatic N) is 2. The first-order valence-electron chi connectivity index (χ1n) is 8.90. The van der Waals surface area contributed by atoms with Crippen molar-refractivity contribution in [3.05, 3.63) is 29.8 Å². The molecule has 0 saturated carbocycles. The summed E-state index contributed by atoms with van der Waals surface area (Å²) in [5.41, 5.74) is 8.38. The third kappa shape index (κ3) is 2.80. The van der Waals surface area contributed by atoms with Gasteiger partial charge in [-0.2, -0.15) is 0 Å². The van der Waals surface area contributed by atoms with Gasteiger partial charge in [-0.1, -0.05) is 18.2 Å². The normalized spacial score (nSPS) is 26.2. The minimum absolute atomic E-state index is 0.142. The number of rotatable bonds is 4. The third-order valence-electron chi connectivity index (χ3n) is 5.39. The number of hydrazine groups is 1. The molecule has 0 bridgehead atoms. The Kier molecular flexibility index (Phi) is 4.24. The minimum atomic E-state index is -0.142. The van der Waals surface area contributed by atoms with Crippen molar-refractivity contribution in [1.82, 2.24) is 15.8 Å². The Bertz CT molecular complexity index is 642. The molecule has 1 aromatic rings. The lowest BCUT2D eigenvalue weighted by molar-refractivity contribution is -0.127. The van der Waals surface area contributed by atoms with Crippen molar-refractivity contribution in [2.45, 2.75) is 37.6 Å². The Morgan fingerprint density at radius 3 is 2.92 bits per heavy atom. The smallest absolute Gasteiger partial charge is 0.245 e. The van der Waals surface area contributed by atoms with E-state index in [0.717, 1.165) is 51.1 Å². The van der Waals surface area contributed by atoms with Gasteiger partial charge in [0.2, 0.25) is 11.8 Å². The molecule has 3 aliphatic rings. The second-order valence-electron chi connectivity index (χ2n) is 6.89. The van der Waals surface area contributed by atoms with Gasteiger partial charge < -0.3 is 9.80 Å². The number of benzene rings is 1. The fourth-order valence-corrected chi connectivity index (χ4v) is 4.06. The summed E-state index contributed by atoms with van der Waals surface area (Å²) in [6.45, 7) is 3.22. The van der Waals surface area contributed by atoms with Gasteiger partial charge in [0.1, 0.15) is 6.04 Å². The van der Waals surface area contributed by atoms with Crippen LogP contribution in [0.5, 0.6) is 0 Å². The number of fused-ring (bicyclic) bond motifs is 1. The van der Waals surface area contributed by atoms with E-state index in [0.29, 0.717) is 12.3 Å². The molecule has 2 atom stereocenters. The Balaban J connectivity index is 1.48. The average molecular weight is 328 g/mol. The lowest BCUT2D eigenvalue weighted by atomic mass is 9.98. The summed E-state index contributed by atoms with van der Waals surface area (Å²) in [4.78, 5) is 28.5. The van der Waals surface area contributed by atoms with Gasteiger partial charge in [0.15, 0.2) is 0 Å². The highest BCUT2D eigenvalue weighted by Gasteiger charge is 2.36. The van der Waals surface area contributed by atoms with E-state index in [4.69, 9.17) is 0 Å². The molecule has 3 aliphatic heterocycles. The molecular formula is C18H24N4O2. The average Bonchev–Trinajstić information content (AvgIpc) is 3.33. The molecule has 0 radical (unpaired) electrons. The molecule has 2 saturated heterocycles. The van der Waals surface area contributed by atoms with Crippen LogP contribution in [0.4, 0.5) is 5.69 Å². The number of hydrogen-bond donors (Lipinski definition) is 2. The maximum atomic E-state index is 12.8. The summed E-state index contributed by atoms with van der Waals surface area (Å²) in [6, 6.07) is 8.05. The molecule has 3 heterocycles. The van der Waals surface area contributed by atoms with Crippen molar-refractivity contribution in [3.8, 4) is 0 Å². The van der Waals surface area contributed by atoms with E-state index in [1.54, 1.807) is 0 Å². The van der Waals surface area contributed by atoms with E-state index in [2.05, 4.69) is 16.9 Å². The van der Waals surface area contributed by atoms with Crippen LogP contribution in [0.2, 0.25) is 0 Å². The van der Waals surface area contributed by atoms with Crippen molar-refractivity contribution in [3.63, 3.8) is 0 Å². The molecule has 6 nitrogen and oxygen atoms in total. The summed E-state index contributed by atoms with van der Waals surface area (Å²) < 4.78 is 0. The third-order valence-corrected chi connectivity index (χ3v) is 5.39. The van der Waals surface area contributed by atoms with Gasteiger partial charge in [0, 0.05) is 44.2 Å². The molecular weight excluding hydrogens is 304 g/mol. The van der Waals surface area contributed by atoms with Crippen molar-refractivity contribution in [2.75, 3.05) is 31.1 Å². The maximum absolute atomic E-state index is 12.8. The molecule has 2 amide bonds. The predicted octanol–water partition coefficient (Wildman–Crippen LogP) is 0.996. The first-order chi connectivity index (χ1) is 11.7. The van der Waals surface area contributed by atoms with Crippen LogP contribution in [0.15, 0.2) is 24.3 Å². The van der Waals surface area contributed by atoms with Crippen molar-refractivity contribution < 1.29 is 9.59 Å².